The standard InChI is InChI=1S/C33H32N2O5/c1-5-39-30(36)24-19-27(34-29-21(3)13-12-14-22(29)4)33(28(24)31(37)40-6-2)25-17-10-11-18-26(25)35(32(33)38)20-23-15-8-7-9-16-23/h7-19,28H,5-6,20H2,1-4H3/t28?,33-/m0/s1. The van der Waals surface area contributed by atoms with Crippen LogP contribution in [0.3, 0.4) is 0 Å². The first-order chi connectivity index (χ1) is 19.3. The van der Waals surface area contributed by atoms with Gasteiger partial charge < -0.3 is 14.4 Å². The lowest BCUT2D eigenvalue weighted by atomic mass is 9.69. The van der Waals surface area contributed by atoms with E-state index in [1.165, 1.54) is 0 Å². The largest absolute Gasteiger partial charge is 0.465 e. The molecule has 0 bridgehead atoms. The molecule has 1 aliphatic heterocycles. The minimum atomic E-state index is -1.60. The number of amides is 1. The Hall–Kier alpha value is -4.52. The van der Waals surface area contributed by atoms with Crippen molar-refractivity contribution in [2.75, 3.05) is 18.1 Å². The van der Waals surface area contributed by atoms with Crippen LogP contribution in [0.15, 0.2) is 89.4 Å². The van der Waals surface area contributed by atoms with Crippen molar-refractivity contribution >= 4 is 34.9 Å². The van der Waals surface area contributed by atoms with E-state index >= 15 is 0 Å². The van der Waals surface area contributed by atoms with Gasteiger partial charge in [-0.05, 0) is 62.1 Å². The van der Waals surface area contributed by atoms with E-state index in [1.807, 2.05) is 86.6 Å². The number of carbonyl (C=O) groups excluding carboxylic acids is 3. The molecule has 2 atom stereocenters. The lowest BCUT2D eigenvalue weighted by Crippen LogP contribution is -2.51. The molecule has 5 rings (SSSR count). The summed E-state index contributed by atoms with van der Waals surface area (Å²) in [5, 5.41) is 0. The predicted molar refractivity (Wildman–Crippen MR) is 154 cm³/mol. The Balaban J connectivity index is 1.81. The summed E-state index contributed by atoms with van der Waals surface area (Å²) in [4.78, 5) is 48.7. The molecule has 1 spiro atoms. The maximum atomic E-state index is 14.9. The second kappa shape index (κ2) is 10.9. The molecule has 0 N–H and O–H groups in total. The van der Waals surface area contributed by atoms with Crippen LogP contribution in [0.2, 0.25) is 0 Å². The number of fused-ring (bicyclic) bond motifs is 2. The monoisotopic (exact) mass is 536 g/mol. The number of aryl methyl sites for hydroxylation is 2. The first kappa shape index (κ1) is 27.1. The summed E-state index contributed by atoms with van der Waals surface area (Å²) in [5.74, 6) is -2.93. The predicted octanol–water partition coefficient (Wildman–Crippen LogP) is 5.54. The van der Waals surface area contributed by atoms with E-state index in [9.17, 15) is 14.4 Å². The van der Waals surface area contributed by atoms with Crippen molar-refractivity contribution in [3.63, 3.8) is 0 Å². The number of aliphatic imine (C=N–C) groups is 1. The van der Waals surface area contributed by atoms with Gasteiger partial charge in [0.1, 0.15) is 11.3 Å². The number of ether oxygens (including phenoxy) is 2. The van der Waals surface area contributed by atoms with Gasteiger partial charge in [0.05, 0.1) is 36.7 Å². The van der Waals surface area contributed by atoms with Crippen molar-refractivity contribution in [1.29, 1.82) is 0 Å². The highest BCUT2D eigenvalue weighted by Crippen LogP contribution is 2.54. The van der Waals surface area contributed by atoms with Crippen LogP contribution in [0, 0.1) is 19.8 Å². The third kappa shape index (κ3) is 4.31. The molecule has 40 heavy (non-hydrogen) atoms. The molecule has 0 fully saturated rings. The zero-order chi connectivity index (χ0) is 28.4. The quantitative estimate of drug-likeness (QED) is 0.370. The smallest absolute Gasteiger partial charge is 0.335 e. The van der Waals surface area contributed by atoms with Crippen molar-refractivity contribution in [3.8, 4) is 0 Å². The highest BCUT2D eigenvalue weighted by Gasteiger charge is 2.66. The van der Waals surface area contributed by atoms with Gasteiger partial charge in [-0.1, -0.05) is 66.7 Å². The Morgan fingerprint density at radius 2 is 1.52 bits per heavy atom. The molecule has 1 amide bonds. The van der Waals surface area contributed by atoms with Gasteiger partial charge in [0, 0.05) is 5.69 Å². The van der Waals surface area contributed by atoms with E-state index in [-0.39, 0.29) is 24.7 Å². The SMILES string of the molecule is CCOC(=O)C1=CC(=Nc2c(C)cccc2C)[C@]2(C(=O)N(Cc3ccccc3)c3ccccc32)C1C(=O)OCC. The summed E-state index contributed by atoms with van der Waals surface area (Å²) in [6.07, 6.45) is 1.56. The molecule has 0 aromatic heterocycles. The molecule has 2 aliphatic rings. The first-order valence-electron chi connectivity index (χ1n) is 13.5. The normalized spacial score (nSPS) is 20.6. The summed E-state index contributed by atoms with van der Waals surface area (Å²) in [5.41, 5.74) is 3.49. The van der Waals surface area contributed by atoms with Gasteiger partial charge in [-0.3, -0.25) is 14.6 Å². The molecule has 7 nitrogen and oxygen atoms in total. The van der Waals surface area contributed by atoms with Crippen molar-refractivity contribution < 1.29 is 23.9 Å². The fourth-order valence-electron chi connectivity index (χ4n) is 5.80. The number of esters is 2. The molecule has 7 heteroatoms. The molecule has 0 saturated carbocycles. The van der Waals surface area contributed by atoms with E-state index < -0.39 is 23.3 Å². The van der Waals surface area contributed by atoms with Crippen LogP contribution in [-0.2, 0) is 35.8 Å². The van der Waals surface area contributed by atoms with Crippen molar-refractivity contribution in [2.24, 2.45) is 10.9 Å². The molecular weight excluding hydrogens is 504 g/mol. The van der Waals surface area contributed by atoms with E-state index in [0.29, 0.717) is 29.2 Å². The van der Waals surface area contributed by atoms with E-state index in [0.717, 1.165) is 16.7 Å². The Morgan fingerprint density at radius 1 is 0.875 bits per heavy atom. The molecule has 1 aliphatic carbocycles. The number of benzene rings is 3. The van der Waals surface area contributed by atoms with Gasteiger partial charge in [-0.15, -0.1) is 0 Å². The number of nitrogens with zero attached hydrogens (tertiary/aromatic N) is 2. The molecule has 0 saturated heterocycles. The second-order valence-electron chi connectivity index (χ2n) is 9.94. The molecule has 1 heterocycles. The summed E-state index contributed by atoms with van der Waals surface area (Å²) in [7, 11) is 0. The van der Waals surface area contributed by atoms with Gasteiger partial charge in [-0.25, -0.2) is 4.79 Å². The number of hydrogen-bond acceptors (Lipinski definition) is 6. The minimum Gasteiger partial charge on any atom is -0.465 e. The van der Waals surface area contributed by atoms with Gasteiger partial charge in [-0.2, -0.15) is 0 Å². The number of rotatable bonds is 7. The third-order valence-electron chi connectivity index (χ3n) is 7.53. The van der Waals surface area contributed by atoms with Crippen LogP contribution in [-0.4, -0.2) is 36.8 Å². The van der Waals surface area contributed by atoms with Gasteiger partial charge in [0.25, 0.3) is 0 Å². The molecule has 3 aromatic rings. The maximum absolute atomic E-state index is 14.9. The average molecular weight is 537 g/mol. The summed E-state index contributed by atoms with van der Waals surface area (Å²) in [6, 6.07) is 22.9. The fraction of sp³-hybridized carbons (Fsp3) is 0.273. The number of anilines is 1. The lowest BCUT2D eigenvalue weighted by Gasteiger charge is -2.31. The average Bonchev–Trinajstić information content (AvgIpc) is 3.41. The Bertz CT molecular complexity index is 1520. The molecule has 0 radical (unpaired) electrons. The Labute approximate surface area is 234 Å². The fourth-order valence-corrected chi connectivity index (χ4v) is 5.80. The summed E-state index contributed by atoms with van der Waals surface area (Å²) < 4.78 is 10.9. The van der Waals surface area contributed by atoms with Crippen LogP contribution in [0.4, 0.5) is 11.4 Å². The van der Waals surface area contributed by atoms with Gasteiger partial charge >= 0.3 is 11.9 Å². The van der Waals surface area contributed by atoms with Crippen LogP contribution < -0.4 is 4.90 Å². The molecule has 1 unspecified atom stereocenters. The zero-order valence-corrected chi connectivity index (χ0v) is 23.1. The van der Waals surface area contributed by atoms with Crippen LogP contribution in [0.5, 0.6) is 0 Å². The highest BCUT2D eigenvalue weighted by atomic mass is 16.5. The van der Waals surface area contributed by atoms with Crippen molar-refractivity contribution in [1.82, 2.24) is 0 Å². The van der Waals surface area contributed by atoms with Gasteiger partial charge in [0.2, 0.25) is 5.91 Å². The summed E-state index contributed by atoms with van der Waals surface area (Å²) in [6.45, 7) is 7.79. The minimum absolute atomic E-state index is 0.0648. The van der Waals surface area contributed by atoms with Crippen LogP contribution >= 0.6 is 0 Å². The Kier molecular flexibility index (Phi) is 7.39. The third-order valence-corrected chi connectivity index (χ3v) is 7.53. The molecular formula is C33H32N2O5. The van der Waals surface area contributed by atoms with E-state index in [2.05, 4.69) is 0 Å². The zero-order valence-electron chi connectivity index (χ0n) is 23.1. The number of carbonyl (C=O) groups is 3. The van der Waals surface area contributed by atoms with Crippen molar-refractivity contribution in [2.45, 2.75) is 39.7 Å². The topological polar surface area (TPSA) is 85.3 Å². The van der Waals surface area contributed by atoms with E-state index in [1.54, 1.807) is 24.8 Å². The van der Waals surface area contributed by atoms with Gasteiger partial charge in [0.15, 0.2) is 0 Å². The number of para-hydroxylation sites is 2. The van der Waals surface area contributed by atoms with E-state index in [4.69, 9.17) is 14.5 Å². The van der Waals surface area contributed by atoms with Crippen LogP contribution in [0.25, 0.3) is 0 Å². The maximum Gasteiger partial charge on any atom is 0.335 e. The molecule has 3 aromatic carbocycles. The highest BCUT2D eigenvalue weighted by molar-refractivity contribution is 6.33. The summed E-state index contributed by atoms with van der Waals surface area (Å²) >= 11 is 0. The lowest BCUT2D eigenvalue weighted by molar-refractivity contribution is -0.152. The number of allylic oxidation sites excluding steroid dienone is 1. The van der Waals surface area contributed by atoms with Crippen molar-refractivity contribution in [3.05, 3.63) is 107 Å². The second-order valence-corrected chi connectivity index (χ2v) is 9.94. The number of hydrogen-bond donors (Lipinski definition) is 0. The molecule has 204 valence electrons. The first-order valence-corrected chi connectivity index (χ1v) is 13.5. The Morgan fingerprint density at radius 3 is 2.20 bits per heavy atom. The van der Waals surface area contributed by atoms with Crippen LogP contribution in [0.1, 0.15) is 36.1 Å².